The zero-order valence-corrected chi connectivity index (χ0v) is 6.62. The minimum absolute atomic E-state index is 0.669. The van der Waals surface area contributed by atoms with Gasteiger partial charge in [-0.1, -0.05) is 0 Å². The van der Waals surface area contributed by atoms with Gasteiger partial charge in [0.2, 0.25) is 8.38 Å². The van der Waals surface area contributed by atoms with Crippen molar-refractivity contribution in [1.29, 1.82) is 0 Å². The van der Waals surface area contributed by atoms with Crippen LogP contribution in [0.15, 0.2) is 11.4 Å². The lowest BCUT2D eigenvalue weighted by molar-refractivity contribution is 0.497. The Morgan fingerprint density at radius 1 is 1.56 bits per heavy atom. The first-order chi connectivity index (χ1) is 4.20. The second kappa shape index (κ2) is 2.76. The molecule has 1 heterocycles. The van der Waals surface area contributed by atoms with Crippen LogP contribution in [0.3, 0.4) is 0 Å². The maximum Gasteiger partial charge on any atom is 0.210 e. The molecular formula is C5H7O2PS. The predicted octanol–water partition coefficient (Wildman–Crippen LogP) is 0.978. The van der Waals surface area contributed by atoms with Crippen molar-refractivity contribution in [3.8, 4) is 0 Å². The second-order valence-corrected chi connectivity index (χ2v) is 4.03. The van der Waals surface area contributed by atoms with Crippen LogP contribution in [0.5, 0.6) is 0 Å². The summed E-state index contributed by atoms with van der Waals surface area (Å²) in [6.45, 7) is 1.93. The summed E-state index contributed by atoms with van der Waals surface area (Å²) in [7, 11) is -1.86. The Hall–Kier alpha value is 0.0500. The van der Waals surface area contributed by atoms with Gasteiger partial charge in [0.15, 0.2) is 0 Å². The van der Waals surface area contributed by atoms with Crippen molar-refractivity contribution in [2.45, 2.75) is 6.92 Å². The lowest BCUT2D eigenvalue weighted by Gasteiger charge is -1.92. The molecule has 1 rings (SSSR count). The molecule has 0 aliphatic carbocycles. The molecule has 4 heteroatoms. The summed E-state index contributed by atoms with van der Waals surface area (Å²) in [5, 5.41) is 1.90. The van der Waals surface area contributed by atoms with Gasteiger partial charge < -0.3 is 9.79 Å². The van der Waals surface area contributed by atoms with Gasteiger partial charge in [-0.15, -0.1) is 11.3 Å². The van der Waals surface area contributed by atoms with E-state index in [0.717, 1.165) is 5.56 Å². The molecule has 0 saturated carbocycles. The molecule has 1 aromatic rings. The van der Waals surface area contributed by atoms with Crippen molar-refractivity contribution in [3.05, 3.63) is 17.0 Å². The van der Waals surface area contributed by atoms with Crippen LogP contribution in [0, 0.1) is 6.92 Å². The topological polar surface area (TPSA) is 40.5 Å². The van der Waals surface area contributed by atoms with Gasteiger partial charge >= 0.3 is 0 Å². The van der Waals surface area contributed by atoms with Gasteiger partial charge in [-0.2, -0.15) is 0 Å². The lowest BCUT2D eigenvalue weighted by atomic mass is 10.4. The molecule has 2 N–H and O–H groups in total. The molecule has 0 aliphatic rings. The second-order valence-electron chi connectivity index (χ2n) is 1.75. The van der Waals surface area contributed by atoms with Crippen LogP contribution in [-0.4, -0.2) is 9.79 Å². The molecule has 2 nitrogen and oxygen atoms in total. The molecule has 0 atom stereocenters. The third-order valence-corrected chi connectivity index (χ3v) is 3.09. The average Bonchev–Trinajstić information content (AvgIpc) is 2.14. The Kier molecular flexibility index (Phi) is 2.19. The molecule has 0 aromatic carbocycles. The van der Waals surface area contributed by atoms with Crippen molar-refractivity contribution < 1.29 is 9.79 Å². The normalized spacial score (nSPS) is 10.7. The van der Waals surface area contributed by atoms with Crippen molar-refractivity contribution in [2.24, 2.45) is 0 Å². The highest BCUT2D eigenvalue weighted by atomic mass is 32.1. The van der Waals surface area contributed by atoms with Gasteiger partial charge in [-0.3, -0.25) is 0 Å². The summed E-state index contributed by atoms with van der Waals surface area (Å²) in [5.41, 5.74) is 1.09. The molecule has 1 aromatic heterocycles. The van der Waals surface area contributed by atoms with Gasteiger partial charge in [0.05, 0.1) is 4.62 Å². The molecule has 0 radical (unpaired) electrons. The maximum absolute atomic E-state index is 8.67. The highest BCUT2D eigenvalue weighted by Gasteiger charge is 2.04. The Morgan fingerprint density at radius 2 is 2.22 bits per heavy atom. The van der Waals surface area contributed by atoms with E-state index in [4.69, 9.17) is 9.79 Å². The van der Waals surface area contributed by atoms with Crippen LogP contribution in [0.25, 0.3) is 0 Å². The van der Waals surface area contributed by atoms with Crippen LogP contribution in [0.1, 0.15) is 5.56 Å². The summed E-state index contributed by atoms with van der Waals surface area (Å²) in [4.78, 5) is 17.3. The summed E-state index contributed by atoms with van der Waals surface area (Å²) in [6.07, 6.45) is 0. The molecule has 0 aliphatic heterocycles. The first-order valence-electron chi connectivity index (χ1n) is 2.43. The smallest absolute Gasteiger partial charge is 0.210 e. The van der Waals surface area contributed by atoms with Gasteiger partial charge in [-0.25, -0.2) is 0 Å². The van der Waals surface area contributed by atoms with E-state index < -0.39 is 8.38 Å². The van der Waals surface area contributed by atoms with Crippen molar-refractivity contribution in [1.82, 2.24) is 0 Å². The maximum atomic E-state index is 8.67. The molecule has 0 amide bonds. The molecule has 0 saturated heterocycles. The van der Waals surface area contributed by atoms with E-state index in [9.17, 15) is 0 Å². The Labute approximate surface area is 58.7 Å². The average molecular weight is 162 g/mol. The molecule has 0 fully saturated rings. The molecule has 50 valence electrons. The Bertz CT molecular complexity index is 197. The highest BCUT2D eigenvalue weighted by Crippen LogP contribution is 2.25. The van der Waals surface area contributed by atoms with Crippen LogP contribution < -0.4 is 4.62 Å². The van der Waals surface area contributed by atoms with Crippen LogP contribution in [-0.2, 0) is 0 Å². The fraction of sp³-hybridized carbons (Fsp3) is 0.200. The molecular weight excluding hydrogens is 155 g/mol. The monoisotopic (exact) mass is 162 g/mol. The SMILES string of the molecule is Cc1csc(P(O)O)c1. The number of rotatable bonds is 1. The number of aryl methyl sites for hydroxylation is 1. The van der Waals surface area contributed by atoms with E-state index in [1.807, 2.05) is 12.3 Å². The fourth-order valence-electron chi connectivity index (χ4n) is 0.521. The van der Waals surface area contributed by atoms with Gasteiger partial charge in [-0.05, 0) is 23.9 Å². The van der Waals surface area contributed by atoms with E-state index in [-0.39, 0.29) is 0 Å². The first kappa shape index (κ1) is 7.16. The Morgan fingerprint density at radius 3 is 2.44 bits per heavy atom. The number of thiophene rings is 1. The molecule has 0 bridgehead atoms. The summed E-state index contributed by atoms with van der Waals surface area (Å²) < 4.78 is 0.669. The molecule has 9 heavy (non-hydrogen) atoms. The Balaban J connectivity index is 2.85. The number of hydrogen-bond acceptors (Lipinski definition) is 3. The predicted molar refractivity (Wildman–Crippen MR) is 40.0 cm³/mol. The largest absolute Gasteiger partial charge is 0.346 e. The van der Waals surface area contributed by atoms with Crippen molar-refractivity contribution in [2.75, 3.05) is 0 Å². The zero-order chi connectivity index (χ0) is 6.85. The van der Waals surface area contributed by atoms with E-state index >= 15 is 0 Å². The molecule has 0 spiro atoms. The quantitative estimate of drug-likeness (QED) is 0.604. The van der Waals surface area contributed by atoms with Gasteiger partial charge in [0, 0.05) is 0 Å². The van der Waals surface area contributed by atoms with E-state index in [1.165, 1.54) is 11.3 Å². The van der Waals surface area contributed by atoms with Crippen molar-refractivity contribution >= 4 is 24.3 Å². The first-order valence-corrected chi connectivity index (χ1v) is 4.56. The fourth-order valence-corrected chi connectivity index (χ4v) is 2.00. The minimum Gasteiger partial charge on any atom is -0.346 e. The zero-order valence-electron chi connectivity index (χ0n) is 4.90. The van der Waals surface area contributed by atoms with Crippen LogP contribution in [0.4, 0.5) is 0 Å². The third kappa shape index (κ3) is 1.73. The van der Waals surface area contributed by atoms with E-state index in [2.05, 4.69) is 0 Å². The number of hydrogen-bond donors (Lipinski definition) is 2. The standard InChI is InChI=1S/C5H7O2PS/c1-4-2-5(8(6)7)9-3-4/h2-3,6-7H,1H3. The van der Waals surface area contributed by atoms with Gasteiger partial charge in [0.25, 0.3) is 0 Å². The van der Waals surface area contributed by atoms with E-state index in [1.54, 1.807) is 6.07 Å². The van der Waals surface area contributed by atoms with E-state index in [0.29, 0.717) is 4.62 Å². The van der Waals surface area contributed by atoms with Crippen LogP contribution in [0.2, 0.25) is 0 Å². The summed E-state index contributed by atoms with van der Waals surface area (Å²) in [6, 6.07) is 1.79. The summed E-state index contributed by atoms with van der Waals surface area (Å²) >= 11 is 1.39. The van der Waals surface area contributed by atoms with Crippen LogP contribution >= 0.6 is 19.7 Å². The highest BCUT2D eigenvalue weighted by molar-refractivity contribution is 7.61. The molecule has 0 unspecified atom stereocenters. The third-order valence-electron chi connectivity index (χ3n) is 0.914. The lowest BCUT2D eigenvalue weighted by Crippen LogP contribution is -1.89. The minimum atomic E-state index is -1.86. The summed E-state index contributed by atoms with van der Waals surface area (Å²) in [5.74, 6) is 0. The van der Waals surface area contributed by atoms with Crippen molar-refractivity contribution in [3.63, 3.8) is 0 Å². The van der Waals surface area contributed by atoms with Gasteiger partial charge in [0.1, 0.15) is 0 Å².